The van der Waals surface area contributed by atoms with E-state index in [2.05, 4.69) is 28.0 Å². The lowest BCUT2D eigenvalue weighted by Gasteiger charge is -2.29. The molecule has 156 valence electrons. The molecule has 0 bridgehead atoms. The number of rotatable bonds is 7. The number of hydrogen-bond acceptors (Lipinski definition) is 4. The van der Waals surface area contributed by atoms with E-state index in [0.717, 1.165) is 42.5 Å². The van der Waals surface area contributed by atoms with Crippen molar-refractivity contribution >= 4 is 17.5 Å². The highest BCUT2D eigenvalue weighted by atomic mass is 16.2. The highest BCUT2D eigenvalue weighted by Crippen LogP contribution is 2.39. The van der Waals surface area contributed by atoms with Crippen molar-refractivity contribution in [1.29, 1.82) is 0 Å². The van der Waals surface area contributed by atoms with Gasteiger partial charge in [-0.1, -0.05) is 18.9 Å². The summed E-state index contributed by atoms with van der Waals surface area (Å²) < 4.78 is 1.67. The third-order valence-corrected chi connectivity index (χ3v) is 6.02. The fourth-order valence-corrected chi connectivity index (χ4v) is 4.02. The molecule has 2 amide bonds. The Bertz CT molecular complexity index is 883. The fourth-order valence-electron chi connectivity index (χ4n) is 4.02. The van der Waals surface area contributed by atoms with E-state index in [1.54, 1.807) is 17.9 Å². The number of aryl methyl sites for hydroxylation is 3. The van der Waals surface area contributed by atoms with Gasteiger partial charge in [0.05, 0.1) is 11.6 Å². The van der Waals surface area contributed by atoms with Gasteiger partial charge in [-0.2, -0.15) is 5.10 Å². The molecule has 1 unspecified atom stereocenters. The highest BCUT2D eigenvalue weighted by Gasteiger charge is 2.41. The molecule has 0 radical (unpaired) electrons. The van der Waals surface area contributed by atoms with Crippen LogP contribution in [-0.4, -0.2) is 35.2 Å². The van der Waals surface area contributed by atoms with E-state index in [1.165, 1.54) is 5.56 Å². The molecule has 7 nitrogen and oxygen atoms in total. The first-order valence-corrected chi connectivity index (χ1v) is 10.2. The Kier molecular flexibility index (Phi) is 6.37. The number of likely N-dealkylation sites (N-methyl/N-ethyl adjacent to an activating group) is 1. The van der Waals surface area contributed by atoms with Gasteiger partial charge in [-0.3, -0.25) is 14.3 Å². The molecule has 1 aliphatic rings. The molecule has 29 heavy (non-hydrogen) atoms. The Morgan fingerprint density at radius 2 is 1.93 bits per heavy atom. The lowest BCUT2D eigenvalue weighted by molar-refractivity contribution is -0.127. The van der Waals surface area contributed by atoms with E-state index in [0.29, 0.717) is 6.54 Å². The normalized spacial score (nSPS) is 16.4. The summed E-state index contributed by atoms with van der Waals surface area (Å²) in [5, 5.41) is 13.3. The minimum atomic E-state index is -0.568. The monoisotopic (exact) mass is 397 g/mol. The summed E-state index contributed by atoms with van der Waals surface area (Å²) >= 11 is 0. The standard InChI is InChI=1S/C22H31N5O2/c1-15-7-8-18(11-16(15)2)26-21(29)22(9-5-6-10-22)14-24-20(28)19(23-3)17-12-25-27(4)13-17/h7-8,11-13,19,23H,5-6,9-10,14H2,1-4H3,(H,24,28)(H,26,29). The maximum Gasteiger partial charge on any atom is 0.241 e. The number of aromatic nitrogens is 2. The molecule has 3 rings (SSSR count). The Morgan fingerprint density at radius 3 is 2.52 bits per heavy atom. The number of nitrogens with zero attached hydrogens (tertiary/aromatic N) is 2. The molecule has 1 saturated carbocycles. The number of amides is 2. The predicted octanol–water partition coefficient (Wildman–Crippen LogP) is 2.61. The molecule has 1 fully saturated rings. The number of carbonyl (C=O) groups is 2. The van der Waals surface area contributed by atoms with Crippen molar-refractivity contribution in [2.75, 3.05) is 18.9 Å². The molecule has 3 N–H and O–H groups in total. The first kappa shape index (κ1) is 21.0. The second-order valence-corrected chi connectivity index (χ2v) is 8.13. The van der Waals surface area contributed by atoms with Crippen LogP contribution in [0.2, 0.25) is 0 Å². The minimum Gasteiger partial charge on any atom is -0.353 e. The predicted molar refractivity (Wildman–Crippen MR) is 113 cm³/mol. The van der Waals surface area contributed by atoms with Crippen LogP contribution < -0.4 is 16.0 Å². The number of anilines is 1. The Labute approximate surface area is 172 Å². The van der Waals surface area contributed by atoms with Gasteiger partial charge in [0, 0.05) is 31.0 Å². The number of hydrogen-bond donors (Lipinski definition) is 3. The van der Waals surface area contributed by atoms with Gasteiger partial charge in [-0.05, 0) is 57.0 Å². The molecule has 0 aliphatic heterocycles. The second-order valence-electron chi connectivity index (χ2n) is 8.13. The van der Waals surface area contributed by atoms with E-state index < -0.39 is 11.5 Å². The summed E-state index contributed by atoms with van der Waals surface area (Å²) in [5.41, 5.74) is 3.37. The van der Waals surface area contributed by atoms with E-state index in [1.807, 2.05) is 38.4 Å². The zero-order valence-electron chi connectivity index (χ0n) is 17.7. The third kappa shape index (κ3) is 4.67. The van der Waals surface area contributed by atoms with Crippen molar-refractivity contribution in [3.8, 4) is 0 Å². The molecule has 0 spiro atoms. The Morgan fingerprint density at radius 1 is 1.21 bits per heavy atom. The van der Waals surface area contributed by atoms with Crippen LogP contribution in [-0.2, 0) is 16.6 Å². The fraction of sp³-hybridized carbons (Fsp3) is 0.500. The van der Waals surface area contributed by atoms with Crippen molar-refractivity contribution in [3.05, 3.63) is 47.3 Å². The molecule has 1 aromatic carbocycles. The molecule has 0 saturated heterocycles. The van der Waals surface area contributed by atoms with Crippen LogP contribution in [0.5, 0.6) is 0 Å². The number of carbonyl (C=O) groups excluding carboxylic acids is 2. The Balaban J connectivity index is 1.69. The van der Waals surface area contributed by atoms with Crippen molar-refractivity contribution in [2.45, 2.75) is 45.6 Å². The molecule has 7 heteroatoms. The van der Waals surface area contributed by atoms with Gasteiger partial charge in [0.1, 0.15) is 6.04 Å². The first-order valence-electron chi connectivity index (χ1n) is 10.2. The van der Waals surface area contributed by atoms with E-state index in [-0.39, 0.29) is 11.8 Å². The van der Waals surface area contributed by atoms with E-state index in [4.69, 9.17) is 0 Å². The zero-order valence-corrected chi connectivity index (χ0v) is 17.7. The topological polar surface area (TPSA) is 88.1 Å². The van der Waals surface area contributed by atoms with Crippen molar-refractivity contribution in [3.63, 3.8) is 0 Å². The van der Waals surface area contributed by atoms with Gasteiger partial charge >= 0.3 is 0 Å². The van der Waals surface area contributed by atoms with Crippen molar-refractivity contribution in [2.24, 2.45) is 12.5 Å². The molecule has 1 aliphatic carbocycles. The average molecular weight is 398 g/mol. The van der Waals surface area contributed by atoms with E-state index in [9.17, 15) is 9.59 Å². The summed E-state index contributed by atoms with van der Waals surface area (Å²) in [6, 6.07) is 5.44. The summed E-state index contributed by atoms with van der Waals surface area (Å²) in [4.78, 5) is 26.0. The van der Waals surface area contributed by atoms with Gasteiger partial charge < -0.3 is 16.0 Å². The van der Waals surface area contributed by atoms with Gasteiger partial charge in [-0.25, -0.2) is 0 Å². The van der Waals surface area contributed by atoms with Crippen LogP contribution in [0.3, 0.4) is 0 Å². The van der Waals surface area contributed by atoms with E-state index >= 15 is 0 Å². The molecular formula is C22H31N5O2. The SMILES string of the molecule is CNC(C(=O)NCC1(C(=O)Nc2ccc(C)c(C)c2)CCCC1)c1cnn(C)c1. The maximum absolute atomic E-state index is 13.2. The first-order chi connectivity index (χ1) is 13.8. The van der Waals surface area contributed by atoms with Crippen LogP contribution in [0.4, 0.5) is 5.69 Å². The molecular weight excluding hydrogens is 366 g/mol. The average Bonchev–Trinajstić information content (AvgIpc) is 3.34. The van der Waals surface area contributed by atoms with Crippen LogP contribution in [0, 0.1) is 19.3 Å². The lowest BCUT2D eigenvalue weighted by Crippen LogP contribution is -2.46. The largest absolute Gasteiger partial charge is 0.353 e. The quantitative estimate of drug-likeness (QED) is 0.670. The van der Waals surface area contributed by atoms with Crippen LogP contribution >= 0.6 is 0 Å². The van der Waals surface area contributed by atoms with Crippen LogP contribution in [0.1, 0.15) is 48.4 Å². The minimum absolute atomic E-state index is 0.0130. The Hall–Kier alpha value is -2.67. The zero-order chi connectivity index (χ0) is 21.0. The van der Waals surface area contributed by atoms with Crippen LogP contribution in [0.25, 0.3) is 0 Å². The molecule has 1 aromatic heterocycles. The number of nitrogens with one attached hydrogen (secondary N) is 3. The van der Waals surface area contributed by atoms with Crippen molar-refractivity contribution < 1.29 is 9.59 Å². The van der Waals surface area contributed by atoms with Gasteiger partial charge in [0.15, 0.2) is 0 Å². The lowest BCUT2D eigenvalue weighted by atomic mass is 9.84. The summed E-state index contributed by atoms with van der Waals surface area (Å²) in [6.07, 6.45) is 7.04. The third-order valence-electron chi connectivity index (χ3n) is 6.02. The summed E-state index contributed by atoms with van der Waals surface area (Å²) in [6.45, 7) is 4.42. The molecule has 1 atom stereocenters. The smallest absolute Gasteiger partial charge is 0.241 e. The van der Waals surface area contributed by atoms with Gasteiger partial charge in [-0.15, -0.1) is 0 Å². The summed E-state index contributed by atoms with van der Waals surface area (Å²) in [5.74, 6) is -0.160. The second kappa shape index (κ2) is 8.78. The number of benzene rings is 1. The maximum atomic E-state index is 13.2. The van der Waals surface area contributed by atoms with Gasteiger partial charge in [0.2, 0.25) is 11.8 Å². The summed E-state index contributed by atoms with van der Waals surface area (Å²) in [7, 11) is 3.56. The van der Waals surface area contributed by atoms with Gasteiger partial charge in [0.25, 0.3) is 0 Å². The van der Waals surface area contributed by atoms with Crippen molar-refractivity contribution in [1.82, 2.24) is 20.4 Å². The molecule has 1 heterocycles. The van der Waals surface area contributed by atoms with Crippen LogP contribution in [0.15, 0.2) is 30.6 Å². The molecule has 2 aromatic rings. The highest BCUT2D eigenvalue weighted by molar-refractivity contribution is 5.96.